The van der Waals surface area contributed by atoms with Crippen LogP contribution >= 0.6 is 12.2 Å². The van der Waals surface area contributed by atoms with Crippen molar-refractivity contribution in [2.45, 2.75) is 27.3 Å². The third-order valence-electron chi connectivity index (χ3n) is 5.30. The Morgan fingerprint density at radius 3 is 2.81 bits per heavy atom. The summed E-state index contributed by atoms with van der Waals surface area (Å²) >= 11 is 5.69. The van der Waals surface area contributed by atoms with E-state index in [0.717, 1.165) is 62.6 Å². The zero-order valence-electron chi connectivity index (χ0n) is 18.8. The molecule has 0 bridgehead atoms. The first-order valence-electron chi connectivity index (χ1n) is 11.1. The zero-order chi connectivity index (χ0) is 22.2. The molecule has 2 heterocycles. The van der Waals surface area contributed by atoms with Crippen molar-refractivity contribution in [2.24, 2.45) is 5.92 Å². The molecule has 0 spiro atoms. The Hall–Kier alpha value is -2.16. The molecular weight excluding hydrogens is 412 g/mol. The predicted molar refractivity (Wildman–Crippen MR) is 129 cm³/mol. The normalized spacial score (nSPS) is 14.7. The van der Waals surface area contributed by atoms with Gasteiger partial charge >= 0.3 is 0 Å². The maximum absolute atomic E-state index is 12.8. The van der Waals surface area contributed by atoms with Gasteiger partial charge in [0, 0.05) is 49.2 Å². The summed E-state index contributed by atoms with van der Waals surface area (Å²) in [5.74, 6) is 1.28. The summed E-state index contributed by atoms with van der Waals surface area (Å²) < 4.78 is 11.1. The third-order valence-corrected chi connectivity index (χ3v) is 5.71. The van der Waals surface area contributed by atoms with Gasteiger partial charge in [0.05, 0.1) is 26.4 Å². The minimum Gasteiger partial charge on any atom is -0.494 e. The second-order valence-corrected chi connectivity index (χ2v) is 8.65. The summed E-state index contributed by atoms with van der Waals surface area (Å²) in [7, 11) is 0. The molecule has 3 rings (SSSR count). The molecule has 1 aliphatic heterocycles. The molecule has 0 aliphatic carbocycles. The van der Waals surface area contributed by atoms with Gasteiger partial charge in [0.2, 0.25) is 0 Å². The summed E-state index contributed by atoms with van der Waals surface area (Å²) in [5, 5.41) is 4.99. The summed E-state index contributed by atoms with van der Waals surface area (Å²) in [6.07, 6.45) is 0. The summed E-state index contributed by atoms with van der Waals surface area (Å²) in [6.45, 7) is 13.1. The van der Waals surface area contributed by atoms with Crippen LogP contribution in [-0.4, -0.2) is 72.4 Å². The Labute approximate surface area is 189 Å². The second-order valence-electron chi connectivity index (χ2n) is 8.26. The van der Waals surface area contributed by atoms with Crippen LogP contribution in [-0.2, 0) is 11.3 Å². The monoisotopic (exact) mass is 446 g/mol. The van der Waals surface area contributed by atoms with Gasteiger partial charge < -0.3 is 24.7 Å². The lowest BCUT2D eigenvalue weighted by Crippen LogP contribution is -2.46. The minimum atomic E-state index is -0.0836. The first-order chi connectivity index (χ1) is 15.0. The summed E-state index contributed by atoms with van der Waals surface area (Å²) in [6, 6.07) is 7.67. The van der Waals surface area contributed by atoms with Crippen LogP contribution in [0.5, 0.6) is 5.75 Å². The van der Waals surface area contributed by atoms with Crippen molar-refractivity contribution in [3.05, 3.63) is 40.2 Å². The Kier molecular flexibility index (Phi) is 8.69. The fourth-order valence-electron chi connectivity index (χ4n) is 3.55. The molecule has 0 radical (unpaired) electrons. The molecule has 1 saturated heterocycles. The van der Waals surface area contributed by atoms with Gasteiger partial charge in [-0.1, -0.05) is 13.8 Å². The number of ether oxygens (including phenoxy) is 2. The number of thiocarbonyl (C=S) groups is 1. The van der Waals surface area contributed by atoms with E-state index in [0.29, 0.717) is 29.7 Å². The molecule has 0 amide bonds. The smallest absolute Gasteiger partial charge is 0.253 e. The lowest BCUT2D eigenvalue weighted by atomic mass is 10.1. The highest BCUT2D eigenvalue weighted by atomic mass is 32.1. The van der Waals surface area contributed by atoms with Gasteiger partial charge in [-0.3, -0.25) is 9.69 Å². The van der Waals surface area contributed by atoms with Gasteiger partial charge in [-0.2, -0.15) is 0 Å². The molecule has 1 aromatic carbocycles. The fourth-order valence-corrected chi connectivity index (χ4v) is 3.79. The maximum Gasteiger partial charge on any atom is 0.253 e. The van der Waals surface area contributed by atoms with Gasteiger partial charge in [-0.15, -0.1) is 0 Å². The quantitative estimate of drug-likeness (QED) is 0.574. The first kappa shape index (κ1) is 23.5. The highest BCUT2D eigenvalue weighted by Gasteiger charge is 2.17. The van der Waals surface area contributed by atoms with E-state index in [1.54, 1.807) is 0 Å². The maximum atomic E-state index is 12.8. The van der Waals surface area contributed by atoms with Crippen LogP contribution in [0.4, 0.5) is 0 Å². The molecular formula is C23H34N4O3S. The van der Waals surface area contributed by atoms with E-state index in [1.165, 1.54) is 0 Å². The lowest BCUT2D eigenvalue weighted by Gasteiger charge is -2.31. The molecule has 0 atom stereocenters. The Morgan fingerprint density at radius 2 is 2.10 bits per heavy atom. The minimum absolute atomic E-state index is 0.0836. The van der Waals surface area contributed by atoms with E-state index in [4.69, 9.17) is 21.7 Å². The van der Waals surface area contributed by atoms with Crippen molar-refractivity contribution in [3.63, 3.8) is 0 Å². The van der Waals surface area contributed by atoms with Crippen LogP contribution in [0.1, 0.15) is 26.3 Å². The van der Waals surface area contributed by atoms with E-state index in [2.05, 4.69) is 33.9 Å². The first-order valence-corrected chi connectivity index (χ1v) is 11.5. The van der Waals surface area contributed by atoms with E-state index < -0.39 is 0 Å². The van der Waals surface area contributed by atoms with E-state index in [1.807, 2.05) is 31.2 Å². The molecule has 1 fully saturated rings. The number of fused-ring (bicyclic) bond motifs is 1. The van der Waals surface area contributed by atoms with Crippen LogP contribution in [0.15, 0.2) is 29.1 Å². The topological polar surface area (TPSA) is 69.8 Å². The number of pyridine rings is 1. The fraction of sp³-hybridized carbons (Fsp3) is 0.565. The predicted octanol–water partition coefficient (Wildman–Crippen LogP) is 2.59. The number of nitrogens with zero attached hydrogens (tertiary/aromatic N) is 2. The van der Waals surface area contributed by atoms with Gasteiger partial charge in [-0.25, -0.2) is 0 Å². The number of hydrogen-bond acceptors (Lipinski definition) is 5. The number of aromatic amines is 1. The average molecular weight is 447 g/mol. The van der Waals surface area contributed by atoms with Gasteiger partial charge in [0.25, 0.3) is 5.56 Å². The summed E-state index contributed by atoms with van der Waals surface area (Å²) in [5.41, 5.74) is 1.41. The van der Waals surface area contributed by atoms with Gasteiger partial charge in [0.15, 0.2) is 5.11 Å². The van der Waals surface area contributed by atoms with Crippen molar-refractivity contribution >= 4 is 28.2 Å². The molecule has 170 valence electrons. The number of nitrogens with one attached hydrogen (secondary N) is 2. The molecule has 8 heteroatoms. The Balaban J connectivity index is 1.78. The van der Waals surface area contributed by atoms with E-state index in [-0.39, 0.29) is 5.56 Å². The van der Waals surface area contributed by atoms with Crippen molar-refractivity contribution in [1.82, 2.24) is 20.1 Å². The van der Waals surface area contributed by atoms with Gasteiger partial charge in [-0.05, 0) is 49.3 Å². The zero-order valence-corrected chi connectivity index (χ0v) is 19.6. The number of H-pyrrole nitrogens is 1. The van der Waals surface area contributed by atoms with Crippen molar-refractivity contribution < 1.29 is 9.47 Å². The molecule has 1 aliphatic rings. The molecule has 0 saturated carbocycles. The molecule has 31 heavy (non-hydrogen) atoms. The van der Waals surface area contributed by atoms with Crippen LogP contribution < -0.4 is 15.6 Å². The molecule has 7 nitrogen and oxygen atoms in total. The third kappa shape index (κ3) is 6.92. The highest BCUT2D eigenvalue weighted by molar-refractivity contribution is 7.80. The van der Waals surface area contributed by atoms with Crippen molar-refractivity contribution in [3.8, 4) is 5.75 Å². The molecule has 2 aromatic rings. The van der Waals surface area contributed by atoms with Crippen molar-refractivity contribution in [1.29, 1.82) is 0 Å². The van der Waals surface area contributed by atoms with E-state index in [9.17, 15) is 4.79 Å². The number of benzene rings is 1. The van der Waals surface area contributed by atoms with Crippen LogP contribution in [0, 0.1) is 5.92 Å². The number of morpholine rings is 1. The summed E-state index contributed by atoms with van der Waals surface area (Å²) in [4.78, 5) is 20.2. The average Bonchev–Trinajstić information content (AvgIpc) is 2.76. The molecule has 2 N–H and O–H groups in total. The Bertz CT molecular complexity index is 925. The number of aromatic nitrogens is 1. The highest BCUT2D eigenvalue weighted by Crippen LogP contribution is 2.19. The van der Waals surface area contributed by atoms with Crippen LogP contribution in [0.2, 0.25) is 0 Å². The molecule has 1 aromatic heterocycles. The Morgan fingerprint density at radius 1 is 1.32 bits per heavy atom. The SMILES string of the molecule is CCOc1ccc2[nH]c(=O)c(CN(CCN3CCOCC3)C(=S)NCC(C)C)cc2c1. The van der Waals surface area contributed by atoms with Crippen LogP contribution in [0.25, 0.3) is 10.9 Å². The lowest BCUT2D eigenvalue weighted by molar-refractivity contribution is 0.0357. The van der Waals surface area contributed by atoms with Crippen LogP contribution in [0.3, 0.4) is 0 Å². The standard InChI is InChI=1S/C23H34N4O3S/c1-4-30-20-5-6-21-18(14-20)13-19(22(28)25-21)16-27(23(31)24-15-17(2)3)8-7-26-9-11-29-12-10-26/h5-6,13-14,17H,4,7-12,15-16H2,1-3H3,(H,24,31)(H,25,28). The van der Waals surface area contributed by atoms with Crippen molar-refractivity contribution in [2.75, 3.05) is 52.5 Å². The van der Waals surface area contributed by atoms with Gasteiger partial charge in [0.1, 0.15) is 5.75 Å². The number of rotatable bonds is 9. The number of hydrogen-bond donors (Lipinski definition) is 2. The molecule has 0 unspecified atom stereocenters. The largest absolute Gasteiger partial charge is 0.494 e. The van der Waals surface area contributed by atoms with E-state index >= 15 is 0 Å². The second kappa shape index (κ2) is 11.5.